The van der Waals surface area contributed by atoms with Crippen LogP contribution in [0.2, 0.25) is 0 Å². The van der Waals surface area contributed by atoms with E-state index in [9.17, 15) is 13.2 Å². The summed E-state index contributed by atoms with van der Waals surface area (Å²) in [7, 11) is -2.28. The van der Waals surface area contributed by atoms with Crippen LogP contribution in [0.5, 0.6) is 0 Å². The van der Waals surface area contributed by atoms with Crippen molar-refractivity contribution < 1.29 is 13.2 Å². The van der Waals surface area contributed by atoms with Crippen molar-refractivity contribution in [2.24, 2.45) is 5.92 Å². The fourth-order valence-electron chi connectivity index (χ4n) is 3.15. The summed E-state index contributed by atoms with van der Waals surface area (Å²) in [5.74, 6) is -0.152. The summed E-state index contributed by atoms with van der Waals surface area (Å²) in [6, 6.07) is 8.71. The quantitative estimate of drug-likeness (QED) is 0.837. The first-order valence-corrected chi connectivity index (χ1v) is 10.2. The van der Waals surface area contributed by atoms with Crippen molar-refractivity contribution in [1.82, 2.24) is 9.62 Å². The fraction of sp³-hybridized carbons (Fsp3) is 0.556. The lowest BCUT2D eigenvalue weighted by atomic mass is 9.86. The van der Waals surface area contributed by atoms with E-state index in [1.807, 2.05) is 6.07 Å². The van der Waals surface area contributed by atoms with Gasteiger partial charge in [-0.25, -0.2) is 8.42 Å². The first kappa shape index (κ1) is 19.4. The molecule has 7 heteroatoms. The molecule has 1 aliphatic rings. The van der Waals surface area contributed by atoms with E-state index in [4.69, 9.17) is 5.26 Å². The van der Waals surface area contributed by atoms with Gasteiger partial charge in [0.15, 0.2) is 0 Å². The number of likely N-dealkylation sites (N-methyl/N-ethyl adjacent to an activating group) is 1. The summed E-state index contributed by atoms with van der Waals surface area (Å²) in [4.78, 5) is 12.2. The van der Waals surface area contributed by atoms with Gasteiger partial charge in [-0.2, -0.15) is 9.57 Å². The smallest absolute Gasteiger partial charge is 0.235 e. The number of hydrogen-bond donors (Lipinski definition) is 1. The lowest BCUT2D eigenvalue weighted by Gasteiger charge is -2.30. The Bertz CT molecular complexity index is 755. The molecule has 0 aliphatic heterocycles. The second-order valence-corrected chi connectivity index (χ2v) is 8.79. The van der Waals surface area contributed by atoms with Gasteiger partial charge < -0.3 is 5.32 Å². The molecule has 0 saturated heterocycles. The van der Waals surface area contributed by atoms with E-state index in [2.05, 4.69) is 12.2 Å². The minimum Gasteiger partial charge on any atom is -0.352 e. The van der Waals surface area contributed by atoms with Gasteiger partial charge in [-0.1, -0.05) is 38.0 Å². The first-order chi connectivity index (χ1) is 11.8. The van der Waals surface area contributed by atoms with Crippen LogP contribution in [-0.2, 0) is 20.6 Å². The highest BCUT2D eigenvalue weighted by atomic mass is 32.2. The molecule has 136 valence electrons. The van der Waals surface area contributed by atoms with Crippen LogP contribution in [0.1, 0.15) is 43.7 Å². The molecule has 0 spiro atoms. The Hall–Kier alpha value is -1.91. The highest BCUT2D eigenvalue weighted by Crippen LogP contribution is 2.23. The van der Waals surface area contributed by atoms with Crippen LogP contribution < -0.4 is 5.32 Å². The maximum absolute atomic E-state index is 12.5. The van der Waals surface area contributed by atoms with Crippen LogP contribution in [0, 0.1) is 17.2 Å². The van der Waals surface area contributed by atoms with Gasteiger partial charge in [0, 0.05) is 13.1 Å². The van der Waals surface area contributed by atoms with Crippen molar-refractivity contribution in [1.29, 1.82) is 5.26 Å². The first-order valence-electron chi connectivity index (χ1n) is 8.55. The third-order valence-electron chi connectivity index (χ3n) is 4.77. The molecule has 1 amide bonds. The largest absolute Gasteiger partial charge is 0.352 e. The van der Waals surface area contributed by atoms with Crippen LogP contribution in [0.3, 0.4) is 0 Å². The van der Waals surface area contributed by atoms with E-state index in [1.165, 1.54) is 13.5 Å². The summed E-state index contributed by atoms with van der Waals surface area (Å²) in [5.41, 5.74) is 0.776. The van der Waals surface area contributed by atoms with Crippen molar-refractivity contribution in [3.63, 3.8) is 0 Å². The molecule has 0 heterocycles. The number of carbonyl (C=O) groups is 1. The molecule has 1 aromatic rings. The zero-order valence-electron chi connectivity index (χ0n) is 14.7. The highest BCUT2D eigenvalue weighted by molar-refractivity contribution is 7.88. The van der Waals surface area contributed by atoms with Crippen molar-refractivity contribution in [3.8, 4) is 6.07 Å². The van der Waals surface area contributed by atoms with Crippen LogP contribution in [0.15, 0.2) is 24.3 Å². The zero-order valence-corrected chi connectivity index (χ0v) is 15.6. The molecule has 6 nitrogen and oxygen atoms in total. The van der Waals surface area contributed by atoms with E-state index in [-0.39, 0.29) is 24.2 Å². The molecule has 1 aliphatic carbocycles. The molecule has 1 aromatic carbocycles. The number of nitrogens with one attached hydrogen (secondary N) is 1. The van der Waals surface area contributed by atoms with Gasteiger partial charge >= 0.3 is 0 Å². The van der Waals surface area contributed by atoms with Crippen molar-refractivity contribution in [2.75, 3.05) is 13.6 Å². The molecule has 2 atom stereocenters. The third kappa shape index (κ3) is 5.28. The van der Waals surface area contributed by atoms with Gasteiger partial charge in [0.05, 0.1) is 23.9 Å². The molecule has 1 N–H and O–H groups in total. The number of nitrogens with zero attached hydrogens (tertiary/aromatic N) is 2. The van der Waals surface area contributed by atoms with Crippen LogP contribution in [-0.4, -0.2) is 38.3 Å². The van der Waals surface area contributed by atoms with Crippen LogP contribution in [0.25, 0.3) is 0 Å². The second kappa shape index (κ2) is 8.45. The summed E-state index contributed by atoms with van der Waals surface area (Å²) < 4.78 is 26.1. The molecular weight excluding hydrogens is 338 g/mol. The molecule has 0 radical (unpaired) electrons. The standard InChI is InChI=1S/C18H25N3O3S/c1-14-7-3-6-10-17(14)20-18(22)12-21(2)25(23,24)13-16-9-5-4-8-15(16)11-19/h4-5,8-9,14,17H,3,6-7,10,12-13H2,1-2H3,(H,20,22)/t14-,17+/m0/s1. The molecule has 0 aromatic heterocycles. The number of nitriles is 1. The Morgan fingerprint density at radius 1 is 1.32 bits per heavy atom. The maximum atomic E-state index is 12.5. The van der Waals surface area contributed by atoms with Gasteiger partial charge in [-0.15, -0.1) is 0 Å². The normalized spacial score (nSPS) is 20.9. The Morgan fingerprint density at radius 3 is 2.68 bits per heavy atom. The van der Waals surface area contributed by atoms with E-state index in [1.54, 1.807) is 24.3 Å². The summed E-state index contributed by atoms with van der Waals surface area (Å²) in [5, 5.41) is 12.0. The number of sulfonamides is 1. The Labute approximate surface area is 149 Å². The molecule has 1 saturated carbocycles. The van der Waals surface area contributed by atoms with E-state index in [0.29, 0.717) is 17.0 Å². The second-order valence-electron chi connectivity index (χ2n) is 6.72. The van der Waals surface area contributed by atoms with Gasteiger partial charge in [-0.3, -0.25) is 4.79 Å². The molecule has 1 fully saturated rings. The predicted molar refractivity (Wildman–Crippen MR) is 96.0 cm³/mol. The Kier molecular flexibility index (Phi) is 6.57. The molecule has 2 rings (SSSR count). The van der Waals surface area contributed by atoms with Gasteiger partial charge in [0.25, 0.3) is 0 Å². The predicted octanol–water partition coefficient (Wildman–Crippen LogP) is 2.01. The Balaban J connectivity index is 1.97. The van der Waals surface area contributed by atoms with Crippen LogP contribution in [0.4, 0.5) is 0 Å². The monoisotopic (exact) mass is 363 g/mol. The topological polar surface area (TPSA) is 90.3 Å². The van der Waals surface area contributed by atoms with E-state index in [0.717, 1.165) is 23.6 Å². The third-order valence-corrected chi connectivity index (χ3v) is 6.53. The maximum Gasteiger partial charge on any atom is 0.235 e. The average molecular weight is 363 g/mol. The lowest BCUT2D eigenvalue weighted by molar-refractivity contribution is -0.122. The van der Waals surface area contributed by atoms with Gasteiger partial charge in [0.1, 0.15) is 0 Å². The number of benzene rings is 1. The molecule has 0 unspecified atom stereocenters. The summed E-state index contributed by atoms with van der Waals surface area (Å²) in [6.45, 7) is 1.91. The van der Waals surface area contributed by atoms with Crippen molar-refractivity contribution in [3.05, 3.63) is 35.4 Å². The number of rotatable bonds is 6. The highest BCUT2D eigenvalue weighted by Gasteiger charge is 2.26. The van der Waals surface area contributed by atoms with Gasteiger partial charge in [0.2, 0.25) is 15.9 Å². The SMILES string of the molecule is C[C@H]1CCCC[C@H]1NC(=O)CN(C)S(=O)(=O)Cc1ccccc1C#N. The summed E-state index contributed by atoms with van der Waals surface area (Å²) >= 11 is 0. The minimum atomic E-state index is -3.67. The van der Waals surface area contributed by atoms with E-state index < -0.39 is 10.0 Å². The molecule has 25 heavy (non-hydrogen) atoms. The minimum absolute atomic E-state index is 0.122. The Morgan fingerprint density at radius 2 is 2.00 bits per heavy atom. The summed E-state index contributed by atoms with van der Waals surface area (Å²) in [6.07, 6.45) is 4.30. The number of carbonyl (C=O) groups excluding carboxylic acids is 1. The van der Waals surface area contributed by atoms with Crippen molar-refractivity contribution >= 4 is 15.9 Å². The molecule has 0 bridgehead atoms. The van der Waals surface area contributed by atoms with Crippen LogP contribution >= 0.6 is 0 Å². The zero-order chi connectivity index (χ0) is 18.4. The fourth-order valence-corrected chi connectivity index (χ4v) is 4.32. The average Bonchev–Trinajstić information content (AvgIpc) is 2.57. The van der Waals surface area contributed by atoms with Crippen molar-refractivity contribution in [2.45, 2.75) is 44.4 Å². The lowest BCUT2D eigenvalue weighted by Crippen LogP contribution is -2.46. The number of hydrogen-bond acceptors (Lipinski definition) is 4. The number of amides is 1. The molecular formula is C18H25N3O3S. The van der Waals surface area contributed by atoms with Gasteiger partial charge in [-0.05, 0) is 30.4 Å². The van der Waals surface area contributed by atoms with E-state index >= 15 is 0 Å².